The number of nitrogens with one attached hydrogen (secondary N) is 1. The first-order valence-electron chi connectivity index (χ1n) is 9.54. The average molecular weight is 398 g/mol. The van der Waals surface area contributed by atoms with Gasteiger partial charge in [0.1, 0.15) is 25.2 Å². The Morgan fingerprint density at radius 1 is 1.18 bits per heavy atom. The predicted molar refractivity (Wildman–Crippen MR) is 110 cm³/mol. The third-order valence-electron chi connectivity index (χ3n) is 5.58. The molecule has 2 aromatic carbocycles. The second-order valence-corrected chi connectivity index (χ2v) is 8.50. The van der Waals surface area contributed by atoms with Gasteiger partial charge in [0, 0.05) is 29.0 Å². The highest BCUT2D eigenvalue weighted by molar-refractivity contribution is 7.17. The number of thiophene rings is 1. The highest BCUT2D eigenvalue weighted by Crippen LogP contribution is 2.44. The van der Waals surface area contributed by atoms with E-state index in [9.17, 15) is 15.1 Å². The van der Waals surface area contributed by atoms with Gasteiger partial charge in [-0.1, -0.05) is 42.5 Å². The van der Waals surface area contributed by atoms with Gasteiger partial charge in [0.05, 0.1) is 0 Å². The van der Waals surface area contributed by atoms with Crippen molar-refractivity contribution in [3.8, 4) is 0 Å². The minimum atomic E-state index is -0.553. The van der Waals surface area contributed by atoms with Crippen molar-refractivity contribution in [3.63, 3.8) is 0 Å². The smallest absolute Gasteiger partial charge is 0.217 e. The molecule has 1 saturated heterocycles. The van der Waals surface area contributed by atoms with Crippen LogP contribution >= 0.6 is 11.3 Å². The van der Waals surface area contributed by atoms with Crippen LogP contribution in [0.1, 0.15) is 36.6 Å². The van der Waals surface area contributed by atoms with Crippen molar-refractivity contribution in [3.05, 3.63) is 71.1 Å². The number of hydroxylamine groups is 3. The molecule has 6 heteroatoms. The number of quaternary nitrogens is 1. The Hall–Kier alpha value is -2.25. The maximum Gasteiger partial charge on any atom is 0.217 e. The summed E-state index contributed by atoms with van der Waals surface area (Å²) >= 11 is 1.66. The van der Waals surface area contributed by atoms with Crippen LogP contribution in [0.4, 0.5) is 0 Å². The van der Waals surface area contributed by atoms with Crippen LogP contribution in [0.25, 0.3) is 10.1 Å². The molecule has 4 atom stereocenters. The van der Waals surface area contributed by atoms with Crippen LogP contribution in [0.3, 0.4) is 0 Å². The molecule has 28 heavy (non-hydrogen) atoms. The summed E-state index contributed by atoms with van der Waals surface area (Å²) in [6, 6.07) is 17.1. The lowest BCUT2D eigenvalue weighted by Crippen LogP contribution is -2.51. The molecule has 0 saturated carbocycles. The molecule has 0 aliphatic carbocycles. The molecule has 1 aliphatic rings. The molecule has 1 fully saturated rings. The van der Waals surface area contributed by atoms with Crippen molar-refractivity contribution in [1.29, 1.82) is 0 Å². The number of likely N-dealkylation sites (tertiary alicyclic amines) is 1. The molecule has 1 aliphatic heterocycles. The summed E-state index contributed by atoms with van der Waals surface area (Å²) in [4.78, 5) is 12.1. The first-order chi connectivity index (χ1) is 13.5. The van der Waals surface area contributed by atoms with E-state index in [0.29, 0.717) is 13.0 Å². The van der Waals surface area contributed by atoms with E-state index in [4.69, 9.17) is 0 Å². The molecule has 1 aromatic heterocycles. The van der Waals surface area contributed by atoms with Gasteiger partial charge in [0.15, 0.2) is 6.04 Å². The minimum absolute atomic E-state index is 0.150. The summed E-state index contributed by atoms with van der Waals surface area (Å²) in [5, 5.41) is 28.1. The van der Waals surface area contributed by atoms with Crippen molar-refractivity contribution >= 4 is 27.3 Å². The number of rotatable bonds is 5. The lowest BCUT2D eigenvalue weighted by molar-refractivity contribution is -1.12. The summed E-state index contributed by atoms with van der Waals surface area (Å²) in [5.41, 5.74) is 1.92. The predicted octanol–water partition coefficient (Wildman–Crippen LogP) is 3.79. The van der Waals surface area contributed by atoms with Gasteiger partial charge >= 0.3 is 0 Å². The molecule has 3 N–H and O–H groups in total. The third-order valence-corrected chi connectivity index (χ3v) is 6.46. The average Bonchev–Trinajstić information content (AvgIpc) is 3.29. The zero-order valence-corrected chi connectivity index (χ0v) is 16.6. The zero-order chi connectivity index (χ0) is 19.7. The third kappa shape index (κ3) is 3.56. The Bertz CT molecular complexity index is 974. The van der Waals surface area contributed by atoms with Gasteiger partial charge < -0.3 is 10.4 Å². The number of hydrogen-bond acceptors (Lipinski definition) is 4. The van der Waals surface area contributed by atoms with Crippen LogP contribution in [0.15, 0.2) is 60.0 Å². The zero-order valence-electron chi connectivity index (χ0n) is 15.8. The number of fused-ring (bicyclic) bond motifs is 1. The molecule has 2 unspecified atom stereocenters. The van der Waals surface area contributed by atoms with Crippen LogP contribution in [0, 0.1) is 0 Å². The Kier molecular flexibility index (Phi) is 5.21. The number of aliphatic hydroxyl groups excluding tert-OH is 1. The molecule has 2 heterocycles. The SMILES string of the molecule is CC(=O)N[C@@H](c1ccccc1)C(c1cccc2sccc12)[N+]1(O)CC[C@H](O)C1. The molecule has 0 radical (unpaired) electrons. The van der Waals surface area contributed by atoms with Gasteiger partial charge in [-0.3, -0.25) is 4.79 Å². The number of benzene rings is 2. The number of amides is 1. The van der Waals surface area contributed by atoms with Crippen molar-refractivity contribution < 1.29 is 19.8 Å². The fraction of sp³-hybridized carbons (Fsp3) is 0.318. The Labute approximate surface area is 168 Å². The Morgan fingerprint density at radius 3 is 2.64 bits per heavy atom. The summed E-state index contributed by atoms with van der Waals surface area (Å²) in [6.07, 6.45) is -0.0169. The van der Waals surface area contributed by atoms with E-state index in [0.717, 1.165) is 21.2 Å². The largest absolute Gasteiger partial charge is 0.387 e. The standard InChI is InChI=1S/C22H24N2O3S/c1-15(25)23-21(16-6-3-2-4-7-16)22(24(27)12-10-17(26)14-24)19-8-5-9-20-18(19)11-13-28-20/h2-9,11,13,17,21-22,26-27H,10,12,14H2,1H3/p+1/t17-,21-,22?,24?/m0/s1. The summed E-state index contributed by atoms with van der Waals surface area (Å²) in [7, 11) is 0. The first kappa shape index (κ1) is 19.1. The number of hydrogen-bond donors (Lipinski definition) is 3. The van der Waals surface area contributed by atoms with E-state index in [-0.39, 0.29) is 17.1 Å². The van der Waals surface area contributed by atoms with Crippen LogP contribution in [-0.4, -0.2) is 40.1 Å². The second-order valence-electron chi connectivity index (χ2n) is 7.55. The number of carbonyl (C=O) groups is 1. The van der Waals surface area contributed by atoms with Crippen molar-refractivity contribution in [1.82, 2.24) is 5.32 Å². The second kappa shape index (κ2) is 7.64. The van der Waals surface area contributed by atoms with Gasteiger partial charge in [-0.2, -0.15) is 4.65 Å². The highest BCUT2D eigenvalue weighted by Gasteiger charge is 2.49. The lowest BCUT2D eigenvalue weighted by Gasteiger charge is -2.39. The van der Waals surface area contributed by atoms with Crippen molar-refractivity contribution in [2.24, 2.45) is 0 Å². The van der Waals surface area contributed by atoms with Crippen LogP contribution in [0.5, 0.6) is 0 Å². The van der Waals surface area contributed by atoms with Crippen LogP contribution < -0.4 is 5.32 Å². The normalized spacial score (nSPS) is 24.2. The van der Waals surface area contributed by atoms with Gasteiger partial charge in [-0.15, -0.1) is 11.3 Å². The monoisotopic (exact) mass is 397 g/mol. The van der Waals surface area contributed by atoms with Gasteiger partial charge in [-0.25, -0.2) is 5.21 Å². The molecule has 3 aromatic rings. The van der Waals surface area contributed by atoms with E-state index >= 15 is 0 Å². The molecular formula is C22H25N2O3S+. The van der Waals surface area contributed by atoms with Gasteiger partial charge in [-0.05, 0) is 23.1 Å². The van der Waals surface area contributed by atoms with E-state index in [2.05, 4.69) is 17.4 Å². The fourth-order valence-corrected chi connectivity index (χ4v) is 5.21. The molecule has 4 rings (SSSR count). The fourth-order valence-electron chi connectivity index (χ4n) is 4.39. The van der Waals surface area contributed by atoms with Crippen molar-refractivity contribution in [2.75, 3.05) is 13.1 Å². The number of aliphatic hydroxyl groups is 1. The van der Waals surface area contributed by atoms with E-state index in [1.165, 1.54) is 6.92 Å². The first-order valence-corrected chi connectivity index (χ1v) is 10.4. The summed E-state index contributed by atoms with van der Waals surface area (Å²) in [6.45, 7) is 2.18. The molecule has 0 bridgehead atoms. The van der Waals surface area contributed by atoms with Crippen LogP contribution in [-0.2, 0) is 4.79 Å². The number of carbonyl (C=O) groups excluding carboxylic acids is 1. The van der Waals surface area contributed by atoms with E-state index < -0.39 is 18.2 Å². The number of nitrogens with zero attached hydrogens (tertiary/aromatic N) is 1. The van der Waals surface area contributed by atoms with E-state index in [1.807, 2.05) is 47.8 Å². The van der Waals surface area contributed by atoms with Gasteiger partial charge in [0.25, 0.3) is 0 Å². The maximum atomic E-state index is 12.1. The Morgan fingerprint density at radius 2 is 1.96 bits per heavy atom. The maximum absolute atomic E-state index is 12.1. The lowest BCUT2D eigenvalue weighted by atomic mass is 9.90. The molecular weight excluding hydrogens is 372 g/mol. The Balaban J connectivity index is 1.91. The minimum Gasteiger partial charge on any atom is -0.387 e. The molecule has 0 spiro atoms. The summed E-state index contributed by atoms with van der Waals surface area (Å²) < 4.78 is 0.846. The summed E-state index contributed by atoms with van der Waals surface area (Å²) in [5.74, 6) is -0.150. The molecule has 146 valence electrons. The van der Waals surface area contributed by atoms with Crippen LogP contribution in [0.2, 0.25) is 0 Å². The topological polar surface area (TPSA) is 69.6 Å². The molecule has 5 nitrogen and oxygen atoms in total. The van der Waals surface area contributed by atoms with Crippen molar-refractivity contribution in [2.45, 2.75) is 31.5 Å². The van der Waals surface area contributed by atoms with Gasteiger partial charge in [0.2, 0.25) is 5.91 Å². The highest BCUT2D eigenvalue weighted by atomic mass is 32.1. The quantitative estimate of drug-likeness (QED) is 0.574. The van der Waals surface area contributed by atoms with E-state index in [1.54, 1.807) is 11.3 Å². The molecule has 1 amide bonds.